The third-order valence-corrected chi connectivity index (χ3v) is 6.06. The van der Waals surface area contributed by atoms with E-state index in [2.05, 4.69) is 0 Å². The van der Waals surface area contributed by atoms with Crippen LogP contribution >= 0.6 is 11.3 Å². The first-order valence-electron chi connectivity index (χ1n) is 9.07. The molecule has 0 fully saturated rings. The van der Waals surface area contributed by atoms with Crippen LogP contribution in [0.4, 0.5) is 0 Å². The molecule has 0 radical (unpaired) electrons. The summed E-state index contributed by atoms with van der Waals surface area (Å²) in [6.45, 7) is 0. The van der Waals surface area contributed by atoms with Crippen LogP contribution in [-0.2, 0) is 4.79 Å². The average Bonchev–Trinajstić information content (AvgIpc) is 3.06. The minimum Gasteiger partial charge on any atom is -0.508 e. The molecule has 0 aliphatic carbocycles. The molecular formula is C22H16N4O4S. The standard InChI is InChI=1S/C22H16N4O4S/c23-10-15-17(12-3-7-14(28)8-4-12)18(20(25)29)22-26(19(15)24)21(30)16(31-22)9-11-1-5-13(27)6-2-11/h1-9,17,27-28H,24H2,(H2,25,29)/b16-9+. The lowest BCUT2D eigenvalue weighted by Gasteiger charge is -2.24. The SMILES string of the molecule is N#CC1=C(N)n2c(s/c(=C/c3ccc(O)cc3)c2=O)=C(C(N)=O)C1c1ccc(O)cc1. The number of nitrogens with zero attached hydrogens (tertiary/aromatic N) is 2. The van der Waals surface area contributed by atoms with Crippen LogP contribution in [0.25, 0.3) is 17.5 Å². The van der Waals surface area contributed by atoms with Crippen LogP contribution in [0, 0.1) is 11.3 Å². The quantitative estimate of drug-likeness (QED) is 0.464. The van der Waals surface area contributed by atoms with Gasteiger partial charge in [-0.05, 0) is 41.5 Å². The van der Waals surface area contributed by atoms with Crippen molar-refractivity contribution in [3.63, 3.8) is 0 Å². The number of hydrogen-bond donors (Lipinski definition) is 4. The lowest BCUT2D eigenvalue weighted by molar-refractivity contribution is -0.113. The topological polar surface area (TPSA) is 155 Å². The Morgan fingerprint density at radius 1 is 1.10 bits per heavy atom. The van der Waals surface area contributed by atoms with Crippen LogP contribution in [0.15, 0.2) is 58.9 Å². The van der Waals surface area contributed by atoms with E-state index in [1.54, 1.807) is 30.3 Å². The summed E-state index contributed by atoms with van der Waals surface area (Å²) < 4.78 is 1.66. The number of carbonyl (C=O) groups excluding carboxylic acids is 1. The van der Waals surface area contributed by atoms with Crippen molar-refractivity contribution in [1.82, 2.24) is 4.57 Å². The summed E-state index contributed by atoms with van der Waals surface area (Å²) in [5.74, 6) is -1.62. The van der Waals surface area contributed by atoms with E-state index in [0.29, 0.717) is 11.1 Å². The van der Waals surface area contributed by atoms with Crippen molar-refractivity contribution in [1.29, 1.82) is 5.26 Å². The first-order chi connectivity index (χ1) is 14.8. The molecule has 2 aromatic carbocycles. The molecule has 1 aliphatic heterocycles. The number of rotatable bonds is 3. The number of fused-ring (bicyclic) bond motifs is 1. The van der Waals surface area contributed by atoms with Gasteiger partial charge < -0.3 is 21.7 Å². The molecule has 1 aliphatic rings. The fourth-order valence-corrected chi connectivity index (χ4v) is 4.69. The average molecular weight is 432 g/mol. The smallest absolute Gasteiger partial charge is 0.274 e. The number of thiazole rings is 1. The lowest BCUT2D eigenvalue weighted by atomic mass is 9.83. The highest BCUT2D eigenvalue weighted by Gasteiger charge is 2.34. The molecular weight excluding hydrogens is 416 g/mol. The summed E-state index contributed by atoms with van der Waals surface area (Å²) in [6, 6.07) is 14.2. The summed E-state index contributed by atoms with van der Waals surface area (Å²) >= 11 is 1.04. The van der Waals surface area contributed by atoms with E-state index < -0.39 is 17.4 Å². The monoisotopic (exact) mass is 432 g/mol. The summed E-state index contributed by atoms with van der Waals surface area (Å²) in [5.41, 5.74) is 12.7. The highest BCUT2D eigenvalue weighted by molar-refractivity contribution is 7.07. The number of hydrogen-bond acceptors (Lipinski definition) is 7. The fourth-order valence-electron chi connectivity index (χ4n) is 3.51. The van der Waals surface area contributed by atoms with Gasteiger partial charge in [0.1, 0.15) is 22.0 Å². The molecule has 8 nitrogen and oxygen atoms in total. The minimum absolute atomic E-state index is 0.0167. The van der Waals surface area contributed by atoms with E-state index in [1.165, 1.54) is 24.3 Å². The van der Waals surface area contributed by atoms with Crippen LogP contribution in [0.2, 0.25) is 0 Å². The van der Waals surface area contributed by atoms with Gasteiger partial charge in [0.2, 0.25) is 5.91 Å². The summed E-state index contributed by atoms with van der Waals surface area (Å²) in [6.07, 6.45) is 1.60. The zero-order valence-electron chi connectivity index (χ0n) is 15.9. The zero-order chi connectivity index (χ0) is 22.3. The largest absolute Gasteiger partial charge is 0.508 e. The second kappa shape index (κ2) is 7.51. The first kappa shape index (κ1) is 20.0. The Labute approximate surface area is 179 Å². The zero-order valence-corrected chi connectivity index (χ0v) is 16.8. The van der Waals surface area contributed by atoms with Gasteiger partial charge in [0.05, 0.1) is 27.7 Å². The maximum absolute atomic E-state index is 13.1. The van der Waals surface area contributed by atoms with Gasteiger partial charge in [0.25, 0.3) is 5.56 Å². The van der Waals surface area contributed by atoms with Crippen LogP contribution in [0.3, 0.4) is 0 Å². The number of primary amides is 1. The number of aromatic hydroxyl groups is 2. The maximum atomic E-state index is 13.1. The molecule has 1 aromatic heterocycles. The molecule has 6 N–H and O–H groups in total. The Hall–Kier alpha value is -4.29. The van der Waals surface area contributed by atoms with E-state index in [1.807, 2.05) is 6.07 Å². The normalized spacial score (nSPS) is 16.2. The van der Waals surface area contributed by atoms with Crippen molar-refractivity contribution in [2.75, 3.05) is 0 Å². The lowest BCUT2D eigenvalue weighted by Crippen LogP contribution is -2.41. The van der Waals surface area contributed by atoms with Crippen LogP contribution in [-0.4, -0.2) is 20.7 Å². The molecule has 0 spiro atoms. The third-order valence-electron chi connectivity index (χ3n) is 4.95. The summed E-state index contributed by atoms with van der Waals surface area (Å²) in [4.78, 5) is 25.6. The second-order valence-electron chi connectivity index (χ2n) is 6.86. The molecule has 1 amide bonds. The van der Waals surface area contributed by atoms with Gasteiger partial charge in [-0.3, -0.25) is 14.2 Å². The summed E-state index contributed by atoms with van der Waals surface area (Å²) in [5, 5.41) is 28.8. The van der Waals surface area contributed by atoms with Gasteiger partial charge in [-0.25, -0.2) is 0 Å². The molecule has 0 saturated heterocycles. The Morgan fingerprint density at radius 3 is 2.23 bits per heavy atom. The maximum Gasteiger partial charge on any atom is 0.274 e. The number of amides is 1. The van der Waals surface area contributed by atoms with Crippen molar-refractivity contribution in [3.05, 3.63) is 84.8 Å². The van der Waals surface area contributed by atoms with E-state index in [4.69, 9.17) is 11.5 Å². The number of carbonyl (C=O) groups is 1. The van der Waals surface area contributed by atoms with Crippen molar-refractivity contribution in [2.45, 2.75) is 5.92 Å². The summed E-state index contributed by atoms with van der Waals surface area (Å²) in [7, 11) is 0. The number of aromatic nitrogens is 1. The van der Waals surface area contributed by atoms with Crippen molar-refractivity contribution < 1.29 is 15.0 Å². The molecule has 1 unspecified atom stereocenters. The number of nitriles is 1. The number of phenols is 2. The molecule has 0 saturated carbocycles. The van der Waals surface area contributed by atoms with Gasteiger partial charge in [-0.2, -0.15) is 5.26 Å². The number of phenolic OH excluding ortho intramolecular Hbond substituents is 2. The number of benzene rings is 2. The minimum atomic E-state index is -0.873. The molecule has 4 rings (SSSR count). The van der Waals surface area contributed by atoms with Gasteiger partial charge in [-0.1, -0.05) is 24.3 Å². The van der Waals surface area contributed by atoms with Crippen LogP contribution < -0.4 is 26.2 Å². The Kier molecular flexibility index (Phi) is 4.85. The predicted molar refractivity (Wildman–Crippen MR) is 116 cm³/mol. The van der Waals surface area contributed by atoms with Gasteiger partial charge in [-0.15, -0.1) is 11.3 Å². The van der Waals surface area contributed by atoms with Crippen molar-refractivity contribution >= 4 is 34.7 Å². The van der Waals surface area contributed by atoms with E-state index >= 15 is 0 Å². The number of allylic oxidation sites excluding steroid dienone is 1. The highest BCUT2D eigenvalue weighted by atomic mass is 32.1. The van der Waals surface area contributed by atoms with E-state index in [0.717, 1.165) is 15.9 Å². The Bertz CT molecular complexity index is 1460. The number of nitrogens with two attached hydrogens (primary N) is 2. The molecule has 31 heavy (non-hydrogen) atoms. The molecule has 9 heteroatoms. The van der Waals surface area contributed by atoms with Crippen molar-refractivity contribution in [2.24, 2.45) is 11.5 Å². The Morgan fingerprint density at radius 2 is 1.68 bits per heavy atom. The highest BCUT2D eigenvalue weighted by Crippen LogP contribution is 2.36. The van der Waals surface area contributed by atoms with E-state index in [-0.39, 0.29) is 37.7 Å². The molecule has 3 aromatic rings. The van der Waals surface area contributed by atoms with E-state index in [9.17, 15) is 25.1 Å². The Balaban J connectivity index is 2.07. The molecule has 1 atom stereocenters. The van der Waals surface area contributed by atoms with Crippen LogP contribution in [0.1, 0.15) is 17.0 Å². The third kappa shape index (κ3) is 3.35. The first-order valence-corrected chi connectivity index (χ1v) is 9.89. The molecule has 2 heterocycles. The van der Waals surface area contributed by atoms with Gasteiger partial charge in [0.15, 0.2) is 0 Å². The molecule has 154 valence electrons. The fraction of sp³-hybridized carbons (Fsp3) is 0.0455. The predicted octanol–water partition coefficient (Wildman–Crippen LogP) is 0.234. The van der Waals surface area contributed by atoms with Crippen LogP contribution in [0.5, 0.6) is 11.5 Å². The molecule has 0 bridgehead atoms. The van der Waals surface area contributed by atoms with Gasteiger partial charge in [0, 0.05) is 0 Å². The van der Waals surface area contributed by atoms with Gasteiger partial charge >= 0.3 is 0 Å². The van der Waals surface area contributed by atoms with Crippen molar-refractivity contribution in [3.8, 4) is 17.6 Å². The second-order valence-corrected chi connectivity index (χ2v) is 7.89.